The van der Waals surface area contributed by atoms with Gasteiger partial charge in [0.15, 0.2) is 0 Å². The zero-order valence-corrected chi connectivity index (χ0v) is 10.8. The molecule has 0 atom stereocenters. The third-order valence-electron chi connectivity index (χ3n) is 2.75. The Bertz CT molecular complexity index is 510. The highest BCUT2D eigenvalue weighted by Gasteiger charge is 2.20. The lowest BCUT2D eigenvalue weighted by atomic mass is 10.3. The van der Waals surface area contributed by atoms with Crippen molar-refractivity contribution in [3.05, 3.63) is 29.0 Å². The topological polar surface area (TPSA) is 61.4 Å². The van der Waals surface area contributed by atoms with Crippen LogP contribution in [-0.2, 0) is 9.59 Å². The SMILES string of the molecule is O=C1CN(C(=O)CNc2ccc(F)c(Cl)c2)CCN1. The summed E-state index contributed by atoms with van der Waals surface area (Å²) in [6.07, 6.45) is 0. The monoisotopic (exact) mass is 285 g/mol. The second kappa shape index (κ2) is 5.88. The van der Waals surface area contributed by atoms with E-state index in [1.165, 1.54) is 23.1 Å². The van der Waals surface area contributed by atoms with Crippen LogP contribution in [0, 0.1) is 5.82 Å². The molecule has 1 aromatic carbocycles. The van der Waals surface area contributed by atoms with Crippen molar-refractivity contribution in [1.29, 1.82) is 0 Å². The van der Waals surface area contributed by atoms with Crippen molar-refractivity contribution in [2.45, 2.75) is 0 Å². The minimum Gasteiger partial charge on any atom is -0.376 e. The van der Waals surface area contributed by atoms with Gasteiger partial charge in [-0.3, -0.25) is 9.59 Å². The molecule has 0 radical (unpaired) electrons. The van der Waals surface area contributed by atoms with Gasteiger partial charge >= 0.3 is 0 Å². The summed E-state index contributed by atoms with van der Waals surface area (Å²) in [6.45, 7) is 1.07. The molecule has 1 fully saturated rings. The maximum atomic E-state index is 13.0. The molecule has 0 unspecified atom stereocenters. The predicted molar refractivity (Wildman–Crippen MR) is 69.5 cm³/mol. The summed E-state index contributed by atoms with van der Waals surface area (Å²) < 4.78 is 13.0. The highest BCUT2D eigenvalue weighted by molar-refractivity contribution is 6.31. The van der Waals surface area contributed by atoms with E-state index in [0.717, 1.165) is 0 Å². The van der Waals surface area contributed by atoms with Crippen molar-refractivity contribution in [3.8, 4) is 0 Å². The van der Waals surface area contributed by atoms with Crippen LogP contribution < -0.4 is 10.6 Å². The van der Waals surface area contributed by atoms with Crippen LogP contribution in [0.25, 0.3) is 0 Å². The summed E-state index contributed by atoms with van der Waals surface area (Å²) in [5.41, 5.74) is 0.557. The lowest BCUT2D eigenvalue weighted by Gasteiger charge is -2.26. The standard InChI is InChI=1S/C12H13ClFN3O2/c13-9-5-8(1-2-10(9)14)16-6-12(19)17-4-3-15-11(18)7-17/h1-2,5,16H,3-4,6-7H2,(H,15,18). The van der Waals surface area contributed by atoms with Crippen LogP contribution in [0.1, 0.15) is 0 Å². The normalized spacial score (nSPS) is 15.1. The predicted octanol–water partition coefficient (Wildman–Crippen LogP) is 0.849. The molecule has 0 spiro atoms. The van der Waals surface area contributed by atoms with Crippen molar-refractivity contribution in [3.63, 3.8) is 0 Å². The van der Waals surface area contributed by atoms with Gasteiger partial charge in [-0.2, -0.15) is 0 Å². The molecule has 0 saturated carbocycles. The molecule has 1 aromatic rings. The van der Waals surface area contributed by atoms with E-state index in [-0.39, 0.29) is 29.9 Å². The summed E-state index contributed by atoms with van der Waals surface area (Å²) in [7, 11) is 0. The summed E-state index contributed by atoms with van der Waals surface area (Å²) in [5, 5.41) is 5.49. The average molecular weight is 286 g/mol. The van der Waals surface area contributed by atoms with E-state index in [2.05, 4.69) is 10.6 Å². The van der Waals surface area contributed by atoms with Gasteiger partial charge in [-0.1, -0.05) is 11.6 Å². The molecule has 1 saturated heterocycles. The van der Waals surface area contributed by atoms with Crippen molar-refractivity contribution >= 4 is 29.1 Å². The number of hydrogen-bond donors (Lipinski definition) is 2. The molecule has 2 amide bonds. The number of nitrogens with one attached hydrogen (secondary N) is 2. The Kier molecular flexibility index (Phi) is 4.21. The van der Waals surface area contributed by atoms with Gasteiger partial charge in [-0.05, 0) is 18.2 Å². The molecule has 2 rings (SSSR count). The smallest absolute Gasteiger partial charge is 0.242 e. The molecule has 0 bridgehead atoms. The molecule has 1 aliphatic rings. The Labute approximate surface area is 114 Å². The third kappa shape index (κ3) is 3.57. The van der Waals surface area contributed by atoms with Gasteiger partial charge in [0.05, 0.1) is 18.1 Å². The van der Waals surface area contributed by atoms with Crippen LogP contribution in [0.4, 0.5) is 10.1 Å². The van der Waals surface area contributed by atoms with E-state index in [1.54, 1.807) is 0 Å². The van der Waals surface area contributed by atoms with Crippen LogP contribution >= 0.6 is 11.6 Å². The number of amides is 2. The van der Waals surface area contributed by atoms with Crippen LogP contribution in [0.3, 0.4) is 0 Å². The number of rotatable bonds is 3. The second-order valence-corrected chi connectivity index (χ2v) is 4.55. The maximum Gasteiger partial charge on any atom is 0.242 e. The molecule has 0 aliphatic carbocycles. The molecule has 2 N–H and O–H groups in total. The van der Waals surface area contributed by atoms with Gasteiger partial charge in [-0.15, -0.1) is 0 Å². The third-order valence-corrected chi connectivity index (χ3v) is 3.04. The number of hydrogen-bond acceptors (Lipinski definition) is 3. The van der Waals surface area contributed by atoms with Crippen LogP contribution in [0.2, 0.25) is 5.02 Å². The van der Waals surface area contributed by atoms with Crippen molar-refractivity contribution in [1.82, 2.24) is 10.2 Å². The minimum absolute atomic E-state index is 0.00482. The van der Waals surface area contributed by atoms with E-state index in [9.17, 15) is 14.0 Å². The first-order valence-corrected chi connectivity index (χ1v) is 6.17. The Hall–Kier alpha value is -1.82. The fourth-order valence-corrected chi connectivity index (χ4v) is 1.93. The summed E-state index contributed by atoms with van der Waals surface area (Å²) in [4.78, 5) is 24.5. The van der Waals surface area contributed by atoms with Gasteiger partial charge in [0, 0.05) is 18.8 Å². The lowest BCUT2D eigenvalue weighted by molar-refractivity contribution is -0.136. The first-order valence-electron chi connectivity index (χ1n) is 5.79. The van der Waals surface area contributed by atoms with Crippen molar-refractivity contribution in [2.75, 3.05) is 31.5 Å². The number of carbonyl (C=O) groups excluding carboxylic acids is 2. The number of anilines is 1. The summed E-state index contributed by atoms with van der Waals surface area (Å²) in [6, 6.07) is 4.13. The Morgan fingerprint density at radius 3 is 3.00 bits per heavy atom. The zero-order valence-electron chi connectivity index (χ0n) is 10.1. The number of piperazine rings is 1. The highest BCUT2D eigenvalue weighted by atomic mass is 35.5. The molecule has 1 heterocycles. The Morgan fingerprint density at radius 2 is 2.32 bits per heavy atom. The summed E-state index contributed by atoms with van der Waals surface area (Å²) >= 11 is 5.63. The quantitative estimate of drug-likeness (QED) is 0.865. The van der Waals surface area contributed by atoms with Crippen molar-refractivity contribution in [2.24, 2.45) is 0 Å². The highest BCUT2D eigenvalue weighted by Crippen LogP contribution is 2.19. The van der Waals surface area contributed by atoms with Crippen molar-refractivity contribution < 1.29 is 14.0 Å². The largest absolute Gasteiger partial charge is 0.376 e. The molecule has 102 valence electrons. The fourth-order valence-electron chi connectivity index (χ4n) is 1.75. The van der Waals surface area contributed by atoms with Gasteiger partial charge < -0.3 is 15.5 Å². The number of benzene rings is 1. The molecular weight excluding hydrogens is 273 g/mol. The minimum atomic E-state index is -0.508. The van der Waals surface area contributed by atoms with Crippen LogP contribution in [-0.4, -0.2) is 42.9 Å². The van der Waals surface area contributed by atoms with E-state index in [4.69, 9.17) is 11.6 Å². The van der Waals surface area contributed by atoms with Crippen LogP contribution in [0.15, 0.2) is 18.2 Å². The molecule has 5 nitrogen and oxygen atoms in total. The van der Waals surface area contributed by atoms with Crippen LogP contribution in [0.5, 0.6) is 0 Å². The summed E-state index contributed by atoms with van der Waals surface area (Å²) in [5.74, 6) is -0.856. The zero-order chi connectivity index (χ0) is 13.8. The van der Waals surface area contributed by atoms with Gasteiger partial charge in [0.25, 0.3) is 0 Å². The Morgan fingerprint density at radius 1 is 1.53 bits per heavy atom. The first-order chi connectivity index (χ1) is 9.06. The number of nitrogens with zero attached hydrogens (tertiary/aromatic N) is 1. The van der Waals surface area contributed by atoms with E-state index in [1.807, 2.05) is 0 Å². The molecule has 7 heteroatoms. The molecule has 19 heavy (non-hydrogen) atoms. The van der Waals surface area contributed by atoms with E-state index in [0.29, 0.717) is 18.8 Å². The average Bonchev–Trinajstić information content (AvgIpc) is 2.40. The molecule has 1 aliphatic heterocycles. The number of halogens is 2. The fraction of sp³-hybridized carbons (Fsp3) is 0.333. The molecular formula is C12H13ClFN3O2. The van der Waals surface area contributed by atoms with Gasteiger partial charge in [0.1, 0.15) is 5.82 Å². The maximum absolute atomic E-state index is 13.0. The lowest BCUT2D eigenvalue weighted by Crippen LogP contribution is -2.51. The van der Waals surface area contributed by atoms with E-state index >= 15 is 0 Å². The Balaban J connectivity index is 1.89. The molecule has 0 aromatic heterocycles. The first kappa shape index (κ1) is 13.6. The van der Waals surface area contributed by atoms with Gasteiger partial charge in [0.2, 0.25) is 11.8 Å². The van der Waals surface area contributed by atoms with Gasteiger partial charge in [-0.25, -0.2) is 4.39 Å². The van der Waals surface area contributed by atoms with E-state index < -0.39 is 5.82 Å². The number of carbonyl (C=O) groups is 2. The second-order valence-electron chi connectivity index (χ2n) is 4.15.